The van der Waals surface area contributed by atoms with Crippen LogP contribution in [0.2, 0.25) is 0 Å². The van der Waals surface area contributed by atoms with E-state index in [1.165, 1.54) is 14.0 Å². The summed E-state index contributed by atoms with van der Waals surface area (Å²) in [4.78, 5) is 55.2. The van der Waals surface area contributed by atoms with E-state index >= 15 is 0 Å². The molecule has 5 rings (SSSR count). The number of ether oxygens (including phenoxy) is 2. The first-order chi connectivity index (χ1) is 19.8. The van der Waals surface area contributed by atoms with Crippen molar-refractivity contribution in [3.8, 4) is 5.75 Å². The van der Waals surface area contributed by atoms with Gasteiger partial charge in [-0.05, 0) is 75.4 Å². The molecular formula is C31H38N4O7. The Morgan fingerprint density at radius 2 is 1.69 bits per heavy atom. The van der Waals surface area contributed by atoms with Gasteiger partial charge in [0, 0.05) is 26.6 Å². The first-order valence-electron chi connectivity index (χ1n) is 14.2. The van der Waals surface area contributed by atoms with Crippen LogP contribution in [0.5, 0.6) is 5.75 Å². The Labute approximate surface area is 244 Å². The van der Waals surface area contributed by atoms with Crippen LogP contribution in [0.4, 0.5) is 4.79 Å². The molecule has 3 heterocycles. The molecular weight excluding hydrogens is 540 g/mol. The van der Waals surface area contributed by atoms with E-state index in [4.69, 9.17) is 9.47 Å². The highest BCUT2D eigenvalue weighted by Gasteiger charge is 2.39. The third-order valence-electron chi connectivity index (χ3n) is 8.16. The maximum atomic E-state index is 13.6. The number of carbonyl (C=O) groups is 3. The fourth-order valence-electron chi connectivity index (χ4n) is 5.77. The molecule has 3 amide bonds. The summed E-state index contributed by atoms with van der Waals surface area (Å²) in [6.45, 7) is 6.21. The molecule has 224 valence electrons. The smallest absolute Gasteiger partial charge is 0.410 e. The number of nitrogens with zero attached hydrogens (tertiary/aromatic N) is 4. The highest BCUT2D eigenvalue weighted by molar-refractivity contribution is 6.00. The number of amides is 3. The number of hydrogen-bond donors (Lipinski definition) is 1. The average molecular weight is 579 g/mol. The lowest BCUT2D eigenvalue weighted by molar-refractivity contribution is -0.151. The second-order valence-corrected chi connectivity index (χ2v) is 12.1. The second kappa shape index (κ2) is 10.9. The third kappa shape index (κ3) is 5.53. The SMILES string of the molecule is COc1ccc(CN2C(=O)CCC(n3c(=O)n(C)c4cc(C5(O)CCN(C(=O)OC(C)(C)C)CC5)ccc43)C2=O)cc1. The molecule has 2 fully saturated rings. The molecule has 0 spiro atoms. The van der Waals surface area contributed by atoms with Crippen LogP contribution in [0.25, 0.3) is 11.0 Å². The van der Waals surface area contributed by atoms with Crippen LogP contribution >= 0.6 is 0 Å². The van der Waals surface area contributed by atoms with E-state index in [9.17, 15) is 24.3 Å². The largest absolute Gasteiger partial charge is 0.497 e. The van der Waals surface area contributed by atoms with Crippen molar-refractivity contribution in [1.82, 2.24) is 18.9 Å². The number of fused-ring (bicyclic) bond motifs is 1. The summed E-state index contributed by atoms with van der Waals surface area (Å²) in [5.41, 5.74) is 0.383. The minimum absolute atomic E-state index is 0.106. The maximum Gasteiger partial charge on any atom is 0.410 e. The molecule has 42 heavy (non-hydrogen) atoms. The number of methoxy groups -OCH3 is 1. The summed E-state index contributed by atoms with van der Waals surface area (Å²) in [7, 11) is 3.20. The van der Waals surface area contributed by atoms with Crippen molar-refractivity contribution in [3.63, 3.8) is 0 Å². The molecule has 2 aromatic carbocycles. The molecule has 2 aliphatic rings. The first-order valence-corrected chi connectivity index (χ1v) is 14.2. The van der Waals surface area contributed by atoms with Crippen LogP contribution in [-0.4, -0.2) is 67.7 Å². The molecule has 0 saturated carbocycles. The number of piperidine rings is 2. The van der Waals surface area contributed by atoms with Crippen LogP contribution in [-0.2, 0) is 33.5 Å². The van der Waals surface area contributed by atoms with Crippen molar-refractivity contribution in [1.29, 1.82) is 0 Å². The van der Waals surface area contributed by atoms with Crippen molar-refractivity contribution >= 4 is 28.9 Å². The Bertz CT molecular complexity index is 1570. The van der Waals surface area contributed by atoms with Gasteiger partial charge >= 0.3 is 11.8 Å². The van der Waals surface area contributed by atoms with E-state index in [0.29, 0.717) is 48.3 Å². The lowest BCUT2D eigenvalue weighted by Crippen LogP contribution is -2.47. The monoisotopic (exact) mass is 578 g/mol. The number of aliphatic hydroxyl groups is 1. The molecule has 2 saturated heterocycles. The number of likely N-dealkylation sites (tertiary alicyclic amines) is 2. The zero-order valence-corrected chi connectivity index (χ0v) is 24.8. The second-order valence-electron chi connectivity index (χ2n) is 12.1. The molecule has 11 heteroatoms. The summed E-state index contributed by atoms with van der Waals surface area (Å²) < 4.78 is 13.6. The van der Waals surface area contributed by atoms with Crippen LogP contribution in [0.15, 0.2) is 47.3 Å². The van der Waals surface area contributed by atoms with Crippen LogP contribution in [0, 0.1) is 0 Å². The Morgan fingerprint density at radius 3 is 2.31 bits per heavy atom. The molecule has 1 atom stereocenters. The number of hydrogen-bond acceptors (Lipinski definition) is 7. The van der Waals surface area contributed by atoms with E-state index < -0.39 is 29.2 Å². The summed E-state index contributed by atoms with van der Waals surface area (Å²) in [5.74, 6) is -0.0238. The number of benzene rings is 2. The quantitative estimate of drug-likeness (QED) is 0.460. The maximum absolute atomic E-state index is 13.6. The molecule has 0 aliphatic carbocycles. The molecule has 0 radical (unpaired) electrons. The third-order valence-corrected chi connectivity index (χ3v) is 8.16. The average Bonchev–Trinajstić information content (AvgIpc) is 3.20. The lowest BCUT2D eigenvalue weighted by atomic mass is 9.84. The number of carbonyl (C=O) groups excluding carboxylic acids is 3. The van der Waals surface area contributed by atoms with Gasteiger partial charge < -0.3 is 19.5 Å². The molecule has 1 unspecified atom stereocenters. The zero-order chi connectivity index (χ0) is 30.4. The van der Waals surface area contributed by atoms with E-state index in [0.717, 1.165) is 5.56 Å². The fourth-order valence-corrected chi connectivity index (χ4v) is 5.77. The lowest BCUT2D eigenvalue weighted by Gasteiger charge is -2.39. The Kier molecular flexibility index (Phi) is 7.65. The highest BCUT2D eigenvalue weighted by Crippen LogP contribution is 2.36. The molecule has 11 nitrogen and oxygen atoms in total. The molecule has 2 aliphatic heterocycles. The van der Waals surface area contributed by atoms with Gasteiger partial charge in [0.05, 0.1) is 30.3 Å². The van der Waals surface area contributed by atoms with Gasteiger partial charge in [-0.1, -0.05) is 18.2 Å². The van der Waals surface area contributed by atoms with Crippen molar-refractivity contribution < 1.29 is 29.0 Å². The van der Waals surface area contributed by atoms with Crippen molar-refractivity contribution in [3.05, 3.63) is 64.1 Å². The Balaban J connectivity index is 1.39. The normalized spacial score (nSPS) is 19.3. The zero-order valence-electron chi connectivity index (χ0n) is 24.8. The molecule has 0 bridgehead atoms. The predicted octanol–water partition coefficient (Wildman–Crippen LogP) is 3.46. The van der Waals surface area contributed by atoms with E-state index in [-0.39, 0.29) is 31.0 Å². The van der Waals surface area contributed by atoms with Crippen LogP contribution in [0.1, 0.15) is 63.6 Å². The Morgan fingerprint density at radius 1 is 1.02 bits per heavy atom. The molecule has 3 aromatic rings. The van der Waals surface area contributed by atoms with Gasteiger partial charge in [-0.3, -0.25) is 23.6 Å². The van der Waals surface area contributed by atoms with Gasteiger partial charge in [0.1, 0.15) is 17.4 Å². The fraction of sp³-hybridized carbons (Fsp3) is 0.484. The van der Waals surface area contributed by atoms with Gasteiger partial charge in [0.15, 0.2) is 0 Å². The van der Waals surface area contributed by atoms with Crippen LogP contribution in [0.3, 0.4) is 0 Å². The minimum atomic E-state index is -1.19. The van der Waals surface area contributed by atoms with Crippen LogP contribution < -0.4 is 10.4 Å². The van der Waals surface area contributed by atoms with E-state index in [2.05, 4.69) is 0 Å². The standard InChI is InChI=1S/C31H38N4O7/c1-30(2,3)42-29(39)33-16-14-31(40,15-17-33)21-8-11-23-25(18-21)32(4)28(38)35(23)24-12-13-26(36)34(27(24)37)19-20-6-9-22(41-5)10-7-20/h6-11,18,24,40H,12-17,19H2,1-5H3. The van der Waals surface area contributed by atoms with Gasteiger partial charge in [-0.15, -0.1) is 0 Å². The molecule has 1 N–H and O–H groups in total. The van der Waals surface area contributed by atoms with Crippen molar-refractivity contribution in [2.45, 2.75) is 70.2 Å². The van der Waals surface area contributed by atoms with Gasteiger partial charge in [-0.2, -0.15) is 0 Å². The molecule has 1 aromatic heterocycles. The van der Waals surface area contributed by atoms with Gasteiger partial charge in [-0.25, -0.2) is 9.59 Å². The topological polar surface area (TPSA) is 123 Å². The summed E-state index contributed by atoms with van der Waals surface area (Å²) in [6.07, 6.45) is 0.589. The minimum Gasteiger partial charge on any atom is -0.497 e. The van der Waals surface area contributed by atoms with Crippen molar-refractivity contribution in [2.24, 2.45) is 7.05 Å². The van der Waals surface area contributed by atoms with E-state index in [1.807, 2.05) is 20.8 Å². The number of aromatic nitrogens is 2. The van der Waals surface area contributed by atoms with Gasteiger partial charge in [0.2, 0.25) is 5.91 Å². The van der Waals surface area contributed by atoms with E-state index in [1.54, 1.807) is 61.5 Å². The highest BCUT2D eigenvalue weighted by atomic mass is 16.6. The number of imide groups is 1. The first kappa shape index (κ1) is 29.4. The number of aryl methyl sites for hydroxylation is 1. The predicted molar refractivity (Wildman–Crippen MR) is 155 cm³/mol. The Hall–Kier alpha value is -4.12. The summed E-state index contributed by atoms with van der Waals surface area (Å²) >= 11 is 0. The van der Waals surface area contributed by atoms with Crippen molar-refractivity contribution in [2.75, 3.05) is 20.2 Å². The summed E-state index contributed by atoms with van der Waals surface area (Å²) in [5, 5.41) is 11.5. The number of rotatable bonds is 5. The number of imidazole rings is 1. The summed E-state index contributed by atoms with van der Waals surface area (Å²) in [6, 6.07) is 11.6. The van der Waals surface area contributed by atoms with Gasteiger partial charge in [0.25, 0.3) is 5.91 Å².